The number of amides is 2. The molecule has 0 saturated carbocycles. The van der Waals surface area contributed by atoms with Crippen LogP contribution in [0.5, 0.6) is 0 Å². The number of nitrogens with one attached hydrogen (secondary N) is 1. The molecular formula is C16H8Cl3FN2O2. The number of hydrogen-bond acceptors (Lipinski definition) is 3. The molecule has 2 amide bonds. The highest BCUT2D eigenvalue weighted by atomic mass is 35.5. The fourth-order valence-corrected chi connectivity index (χ4v) is 2.90. The molecule has 1 aliphatic heterocycles. The van der Waals surface area contributed by atoms with Gasteiger partial charge in [-0.2, -0.15) is 0 Å². The van der Waals surface area contributed by atoms with Gasteiger partial charge in [0, 0.05) is 5.02 Å². The second-order valence-corrected chi connectivity index (χ2v) is 6.06. The molecule has 0 saturated heterocycles. The normalized spacial score (nSPS) is 14.6. The van der Waals surface area contributed by atoms with Gasteiger partial charge in [0.25, 0.3) is 11.8 Å². The zero-order valence-electron chi connectivity index (χ0n) is 11.8. The molecule has 1 heterocycles. The minimum atomic E-state index is -0.760. The van der Waals surface area contributed by atoms with E-state index in [9.17, 15) is 14.0 Å². The van der Waals surface area contributed by atoms with Gasteiger partial charge >= 0.3 is 0 Å². The minimum Gasteiger partial charge on any atom is -0.347 e. The molecule has 122 valence electrons. The summed E-state index contributed by atoms with van der Waals surface area (Å²) in [6, 6.07) is 10.0. The number of carbonyl (C=O) groups excluding carboxylic acids is 2. The predicted molar refractivity (Wildman–Crippen MR) is 91.9 cm³/mol. The summed E-state index contributed by atoms with van der Waals surface area (Å²) in [7, 11) is 0. The second-order valence-electron chi connectivity index (χ2n) is 4.84. The van der Waals surface area contributed by atoms with Crippen LogP contribution in [-0.4, -0.2) is 11.8 Å². The fourth-order valence-electron chi connectivity index (χ4n) is 2.19. The first-order chi connectivity index (χ1) is 11.4. The summed E-state index contributed by atoms with van der Waals surface area (Å²) < 4.78 is 13.7. The lowest BCUT2D eigenvalue weighted by Crippen LogP contribution is -2.32. The summed E-state index contributed by atoms with van der Waals surface area (Å²) in [5.74, 6) is -2.08. The monoisotopic (exact) mass is 384 g/mol. The van der Waals surface area contributed by atoms with Gasteiger partial charge in [-0.1, -0.05) is 46.9 Å². The third kappa shape index (κ3) is 2.86. The van der Waals surface area contributed by atoms with Crippen molar-refractivity contribution in [3.8, 4) is 0 Å². The van der Waals surface area contributed by atoms with Crippen LogP contribution in [0.3, 0.4) is 0 Å². The number of nitrogens with zero attached hydrogens (tertiary/aromatic N) is 1. The van der Waals surface area contributed by atoms with E-state index in [2.05, 4.69) is 5.32 Å². The first-order valence-corrected chi connectivity index (χ1v) is 7.78. The van der Waals surface area contributed by atoms with Crippen molar-refractivity contribution in [3.05, 3.63) is 69.1 Å². The van der Waals surface area contributed by atoms with Gasteiger partial charge in [-0.05, 0) is 30.3 Å². The summed E-state index contributed by atoms with van der Waals surface area (Å²) >= 11 is 17.8. The first kappa shape index (κ1) is 16.8. The maximum absolute atomic E-state index is 13.7. The van der Waals surface area contributed by atoms with Gasteiger partial charge in [-0.25, -0.2) is 9.29 Å². The Morgan fingerprint density at radius 3 is 2.33 bits per heavy atom. The summed E-state index contributed by atoms with van der Waals surface area (Å²) in [5, 5.41) is 2.67. The van der Waals surface area contributed by atoms with Crippen LogP contribution in [-0.2, 0) is 9.59 Å². The molecule has 8 heteroatoms. The lowest BCUT2D eigenvalue weighted by Gasteiger charge is -2.16. The number of para-hydroxylation sites is 1. The molecule has 1 N–H and O–H groups in total. The Morgan fingerprint density at radius 2 is 1.67 bits per heavy atom. The molecule has 0 aromatic heterocycles. The van der Waals surface area contributed by atoms with Crippen LogP contribution in [0, 0.1) is 5.82 Å². The van der Waals surface area contributed by atoms with Gasteiger partial charge in [0.1, 0.15) is 16.5 Å². The SMILES string of the molecule is O=C1C(Cl)=C(Nc2ccccc2F)C(=O)N1c1ccc(Cl)cc1Cl. The van der Waals surface area contributed by atoms with Crippen LogP contribution in [0.4, 0.5) is 15.8 Å². The molecule has 2 aromatic rings. The molecule has 0 radical (unpaired) electrons. The van der Waals surface area contributed by atoms with Gasteiger partial charge < -0.3 is 5.32 Å². The van der Waals surface area contributed by atoms with Crippen molar-refractivity contribution in [3.63, 3.8) is 0 Å². The van der Waals surface area contributed by atoms with Crippen molar-refractivity contribution in [2.75, 3.05) is 10.2 Å². The third-order valence-corrected chi connectivity index (χ3v) is 4.20. The van der Waals surface area contributed by atoms with Crippen LogP contribution < -0.4 is 10.2 Å². The Balaban J connectivity index is 1.97. The highest BCUT2D eigenvalue weighted by molar-refractivity contribution is 6.53. The highest BCUT2D eigenvalue weighted by Crippen LogP contribution is 2.35. The quantitative estimate of drug-likeness (QED) is 0.788. The maximum Gasteiger partial charge on any atom is 0.283 e. The Morgan fingerprint density at radius 1 is 0.958 bits per heavy atom. The van der Waals surface area contributed by atoms with Crippen LogP contribution in [0.25, 0.3) is 0 Å². The molecule has 2 aromatic carbocycles. The Hall–Kier alpha value is -2.08. The Bertz CT molecular complexity index is 899. The van der Waals surface area contributed by atoms with Gasteiger partial charge in [-0.3, -0.25) is 9.59 Å². The van der Waals surface area contributed by atoms with Crippen molar-refractivity contribution >= 4 is 58.0 Å². The van der Waals surface area contributed by atoms with Crippen molar-refractivity contribution in [2.24, 2.45) is 0 Å². The Labute approximate surface area is 151 Å². The average molecular weight is 386 g/mol. The van der Waals surface area contributed by atoms with Gasteiger partial charge in [0.2, 0.25) is 0 Å². The number of imide groups is 1. The topological polar surface area (TPSA) is 49.4 Å². The zero-order chi connectivity index (χ0) is 17.4. The van der Waals surface area contributed by atoms with Crippen molar-refractivity contribution in [1.82, 2.24) is 0 Å². The lowest BCUT2D eigenvalue weighted by atomic mass is 10.2. The Kier molecular flexibility index (Phi) is 4.49. The summed E-state index contributed by atoms with van der Waals surface area (Å²) in [6.07, 6.45) is 0. The minimum absolute atomic E-state index is 0.0239. The van der Waals surface area contributed by atoms with Gasteiger partial charge in [0.05, 0.1) is 16.4 Å². The molecule has 0 bridgehead atoms. The largest absolute Gasteiger partial charge is 0.347 e. The molecule has 0 aliphatic carbocycles. The van der Waals surface area contributed by atoms with Crippen molar-refractivity contribution in [1.29, 1.82) is 0 Å². The smallest absolute Gasteiger partial charge is 0.283 e. The van der Waals surface area contributed by atoms with Crippen LogP contribution in [0.2, 0.25) is 10.0 Å². The van der Waals surface area contributed by atoms with E-state index < -0.39 is 17.6 Å². The highest BCUT2D eigenvalue weighted by Gasteiger charge is 2.40. The zero-order valence-corrected chi connectivity index (χ0v) is 14.1. The van der Waals surface area contributed by atoms with Crippen molar-refractivity contribution in [2.45, 2.75) is 0 Å². The molecule has 4 nitrogen and oxygen atoms in total. The van der Waals surface area contributed by atoms with Crippen LogP contribution in [0.1, 0.15) is 0 Å². The van der Waals surface area contributed by atoms with Crippen molar-refractivity contribution < 1.29 is 14.0 Å². The molecule has 1 aliphatic rings. The van der Waals surface area contributed by atoms with Crippen LogP contribution in [0.15, 0.2) is 53.2 Å². The molecule has 0 unspecified atom stereocenters. The van der Waals surface area contributed by atoms with E-state index in [-0.39, 0.29) is 27.1 Å². The number of benzene rings is 2. The molecule has 24 heavy (non-hydrogen) atoms. The van der Waals surface area contributed by atoms with E-state index >= 15 is 0 Å². The summed E-state index contributed by atoms with van der Waals surface area (Å²) in [6.45, 7) is 0. The molecular weight excluding hydrogens is 378 g/mol. The number of hydrogen-bond donors (Lipinski definition) is 1. The molecule has 0 atom stereocenters. The summed E-state index contributed by atoms with van der Waals surface area (Å²) in [5.41, 5.74) is -0.0619. The van der Waals surface area contributed by atoms with E-state index in [0.717, 1.165) is 4.90 Å². The average Bonchev–Trinajstić information content (AvgIpc) is 2.74. The number of halogens is 4. The summed E-state index contributed by atoms with van der Waals surface area (Å²) in [4.78, 5) is 25.7. The van der Waals surface area contributed by atoms with E-state index in [1.807, 2.05) is 0 Å². The number of carbonyl (C=O) groups is 2. The second kappa shape index (κ2) is 6.43. The molecule has 0 fully saturated rings. The first-order valence-electron chi connectivity index (χ1n) is 6.65. The van der Waals surface area contributed by atoms with Gasteiger partial charge in [0.15, 0.2) is 0 Å². The number of anilines is 2. The standard InChI is InChI=1S/C16H8Cl3FN2O2/c17-8-5-6-12(9(18)7-8)22-15(23)13(19)14(16(22)24)21-11-4-2-1-3-10(11)20/h1-7,21H. The maximum atomic E-state index is 13.7. The predicted octanol–water partition coefficient (Wildman–Crippen LogP) is 4.57. The van der Waals surface area contributed by atoms with E-state index in [4.69, 9.17) is 34.8 Å². The van der Waals surface area contributed by atoms with E-state index in [1.165, 1.54) is 36.4 Å². The lowest BCUT2D eigenvalue weighted by molar-refractivity contribution is -0.120. The third-order valence-electron chi connectivity index (χ3n) is 3.31. The van der Waals surface area contributed by atoms with E-state index in [0.29, 0.717) is 5.02 Å². The molecule has 0 spiro atoms. The fraction of sp³-hybridized carbons (Fsp3) is 0. The van der Waals surface area contributed by atoms with Gasteiger partial charge in [-0.15, -0.1) is 0 Å². The number of rotatable bonds is 3. The van der Waals surface area contributed by atoms with E-state index in [1.54, 1.807) is 6.07 Å². The van der Waals surface area contributed by atoms with Crippen LogP contribution >= 0.6 is 34.8 Å². The molecule has 3 rings (SSSR count).